The molecule has 3 rings (SSSR count). The topological polar surface area (TPSA) is 55.8 Å². The molecule has 1 aliphatic heterocycles. The molecule has 2 unspecified atom stereocenters. The number of benzene rings is 2. The molecule has 2 aromatic carbocycles. The zero-order valence-corrected chi connectivity index (χ0v) is 13.4. The summed E-state index contributed by atoms with van der Waals surface area (Å²) in [7, 11) is 0. The van der Waals surface area contributed by atoms with E-state index in [9.17, 15) is 9.59 Å². The van der Waals surface area contributed by atoms with Crippen molar-refractivity contribution < 1.29 is 19.1 Å². The minimum atomic E-state index is -0.493. The van der Waals surface area contributed by atoms with Crippen LogP contribution in [0.15, 0.2) is 60.7 Å². The van der Waals surface area contributed by atoms with Crippen LogP contribution in [0.25, 0.3) is 0 Å². The molecule has 24 heavy (non-hydrogen) atoms. The van der Waals surface area contributed by atoms with Crippen LogP contribution in [0.1, 0.15) is 24.2 Å². The van der Waals surface area contributed by atoms with Gasteiger partial charge in [-0.2, -0.15) is 0 Å². The summed E-state index contributed by atoms with van der Waals surface area (Å²) < 4.78 is 10.7. The Labute approximate surface area is 140 Å². The first-order valence-corrected chi connectivity index (χ1v) is 7.87. The molecule has 5 nitrogen and oxygen atoms in total. The SMILES string of the molecule is CC1C(c2ccccc2)OC(=O)N1CC(=O)OCc1ccccc1. The van der Waals surface area contributed by atoms with Gasteiger partial charge in [-0.1, -0.05) is 60.7 Å². The van der Waals surface area contributed by atoms with Crippen LogP contribution in [0.5, 0.6) is 0 Å². The van der Waals surface area contributed by atoms with E-state index in [-0.39, 0.29) is 25.3 Å². The highest BCUT2D eigenvalue weighted by molar-refractivity contribution is 5.79. The summed E-state index contributed by atoms with van der Waals surface area (Å²) in [6, 6.07) is 18.7. The first kappa shape index (κ1) is 16.1. The lowest BCUT2D eigenvalue weighted by molar-refractivity contribution is -0.145. The number of esters is 1. The van der Waals surface area contributed by atoms with E-state index in [0.717, 1.165) is 11.1 Å². The van der Waals surface area contributed by atoms with Gasteiger partial charge in [0.25, 0.3) is 0 Å². The van der Waals surface area contributed by atoms with Crippen molar-refractivity contribution in [3.05, 3.63) is 71.8 Å². The molecular weight excluding hydrogens is 306 g/mol. The van der Waals surface area contributed by atoms with E-state index in [2.05, 4.69) is 0 Å². The highest BCUT2D eigenvalue weighted by Crippen LogP contribution is 2.31. The Bertz CT molecular complexity index is 702. The second kappa shape index (κ2) is 7.17. The van der Waals surface area contributed by atoms with Gasteiger partial charge in [0.2, 0.25) is 0 Å². The molecule has 1 heterocycles. The summed E-state index contributed by atoms with van der Waals surface area (Å²) in [6.45, 7) is 1.95. The van der Waals surface area contributed by atoms with Gasteiger partial charge in [-0.25, -0.2) is 4.79 Å². The Balaban J connectivity index is 1.58. The van der Waals surface area contributed by atoms with Crippen molar-refractivity contribution in [1.29, 1.82) is 0 Å². The number of hydrogen-bond donors (Lipinski definition) is 0. The maximum atomic E-state index is 12.1. The van der Waals surface area contributed by atoms with Crippen LogP contribution < -0.4 is 0 Å². The van der Waals surface area contributed by atoms with Crippen molar-refractivity contribution in [2.75, 3.05) is 6.54 Å². The lowest BCUT2D eigenvalue weighted by atomic mass is 10.0. The monoisotopic (exact) mass is 325 g/mol. The van der Waals surface area contributed by atoms with E-state index in [4.69, 9.17) is 9.47 Å². The summed E-state index contributed by atoms with van der Waals surface area (Å²) in [4.78, 5) is 25.5. The van der Waals surface area contributed by atoms with Crippen LogP contribution in [-0.2, 0) is 20.9 Å². The quantitative estimate of drug-likeness (QED) is 0.792. The molecule has 5 heteroatoms. The van der Waals surface area contributed by atoms with Crippen molar-refractivity contribution in [3.8, 4) is 0 Å². The molecular formula is C19H19NO4. The minimum absolute atomic E-state index is 0.115. The molecule has 0 saturated carbocycles. The van der Waals surface area contributed by atoms with Gasteiger partial charge in [0.05, 0.1) is 6.04 Å². The van der Waals surface area contributed by atoms with E-state index in [0.29, 0.717) is 0 Å². The summed E-state index contributed by atoms with van der Waals surface area (Å²) in [5.41, 5.74) is 1.82. The summed E-state index contributed by atoms with van der Waals surface area (Å²) in [5, 5.41) is 0. The molecule has 1 aliphatic rings. The van der Waals surface area contributed by atoms with E-state index in [1.54, 1.807) is 0 Å². The molecule has 0 radical (unpaired) electrons. The Morgan fingerprint density at radius 2 is 1.71 bits per heavy atom. The van der Waals surface area contributed by atoms with Gasteiger partial charge >= 0.3 is 12.1 Å². The Hall–Kier alpha value is -2.82. The van der Waals surface area contributed by atoms with E-state index >= 15 is 0 Å². The molecule has 2 aromatic rings. The smallest absolute Gasteiger partial charge is 0.411 e. The number of carbonyl (C=O) groups excluding carboxylic acids is 2. The van der Waals surface area contributed by atoms with Gasteiger partial charge in [-0.15, -0.1) is 0 Å². The third-order valence-electron chi connectivity index (χ3n) is 4.06. The predicted molar refractivity (Wildman–Crippen MR) is 88.1 cm³/mol. The van der Waals surface area contributed by atoms with E-state index in [1.807, 2.05) is 67.6 Å². The summed E-state index contributed by atoms with van der Waals surface area (Å²) >= 11 is 0. The third kappa shape index (κ3) is 3.56. The standard InChI is InChI=1S/C19H19NO4/c1-14-18(16-10-6-3-7-11-16)24-19(22)20(14)12-17(21)23-13-15-8-4-2-5-9-15/h2-11,14,18H,12-13H2,1H3. The summed E-state index contributed by atoms with van der Waals surface area (Å²) in [6.07, 6.45) is -0.867. The highest BCUT2D eigenvalue weighted by atomic mass is 16.6. The van der Waals surface area contributed by atoms with Gasteiger partial charge < -0.3 is 9.47 Å². The fourth-order valence-corrected chi connectivity index (χ4v) is 2.73. The maximum Gasteiger partial charge on any atom is 0.411 e. The molecule has 1 saturated heterocycles. The Kier molecular flexibility index (Phi) is 4.79. The van der Waals surface area contributed by atoms with Gasteiger partial charge in [-0.3, -0.25) is 9.69 Å². The van der Waals surface area contributed by atoms with Crippen LogP contribution in [-0.4, -0.2) is 29.5 Å². The molecule has 1 fully saturated rings. The highest BCUT2D eigenvalue weighted by Gasteiger charge is 2.40. The molecule has 124 valence electrons. The number of carbonyl (C=O) groups is 2. The van der Waals surface area contributed by atoms with Crippen LogP contribution in [0.4, 0.5) is 4.79 Å². The number of nitrogens with zero attached hydrogens (tertiary/aromatic N) is 1. The molecule has 0 bridgehead atoms. The first-order chi connectivity index (χ1) is 11.6. The van der Waals surface area contributed by atoms with E-state index in [1.165, 1.54) is 4.90 Å². The lowest BCUT2D eigenvalue weighted by Gasteiger charge is -2.20. The molecule has 2 atom stereocenters. The van der Waals surface area contributed by atoms with E-state index < -0.39 is 12.1 Å². The lowest BCUT2D eigenvalue weighted by Crippen LogP contribution is -2.37. The number of rotatable bonds is 5. The van der Waals surface area contributed by atoms with Crippen molar-refractivity contribution in [2.24, 2.45) is 0 Å². The molecule has 0 spiro atoms. The largest absolute Gasteiger partial charge is 0.459 e. The van der Waals surface area contributed by atoms with Crippen molar-refractivity contribution in [1.82, 2.24) is 4.90 Å². The summed E-state index contributed by atoms with van der Waals surface area (Å²) in [5.74, 6) is -0.448. The number of hydrogen-bond acceptors (Lipinski definition) is 4. The van der Waals surface area contributed by atoms with Gasteiger partial charge in [0, 0.05) is 0 Å². The maximum absolute atomic E-state index is 12.1. The van der Waals surface area contributed by atoms with Crippen LogP contribution >= 0.6 is 0 Å². The average Bonchev–Trinajstić information content (AvgIpc) is 2.90. The minimum Gasteiger partial charge on any atom is -0.459 e. The van der Waals surface area contributed by atoms with Crippen LogP contribution in [0.3, 0.4) is 0 Å². The van der Waals surface area contributed by atoms with Gasteiger partial charge in [-0.05, 0) is 18.1 Å². The number of amides is 1. The van der Waals surface area contributed by atoms with Crippen LogP contribution in [0, 0.1) is 0 Å². The molecule has 1 amide bonds. The zero-order valence-electron chi connectivity index (χ0n) is 13.4. The number of cyclic esters (lactones) is 1. The molecule has 0 aromatic heterocycles. The molecule has 0 aliphatic carbocycles. The normalized spacial score (nSPS) is 19.9. The van der Waals surface area contributed by atoms with Crippen molar-refractivity contribution in [3.63, 3.8) is 0 Å². The average molecular weight is 325 g/mol. The van der Waals surface area contributed by atoms with Crippen LogP contribution in [0.2, 0.25) is 0 Å². The Morgan fingerprint density at radius 3 is 2.38 bits per heavy atom. The molecule has 0 N–H and O–H groups in total. The third-order valence-corrected chi connectivity index (χ3v) is 4.06. The van der Waals surface area contributed by atoms with Gasteiger partial charge in [0.15, 0.2) is 0 Å². The second-order valence-electron chi connectivity index (χ2n) is 5.73. The van der Waals surface area contributed by atoms with Crippen molar-refractivity contribution in [2.45, 2.75) is 25.7 Å². The fourth-order valence-electron chi connectivity index (χ4n) is 2.73. The predicted octanol–water partition coefficient (Wildman–Crippen LogP) is 3.31. The first-order valence-electron chi connectivity index (χ1n) is 7.87. The fraction of sp³-hybridized carbons (Fsp3) is 0.263. The van der Waals surface area contributed by atoms with Gasteiger partial charge in [0.1, 0.15) is 19.3 Å². The second-order valence-corrected chi connectivity index (χ2v) is 5.73. The van der Waals surface area contributed by atoms with Crippen molar-refractivity contribution >= 4 is 12.1 Å². The number of ether oxygens (including phenoxy) is 2. The Morgan fingerprint density at radius 1 is 1.08 bits per heavy atom. The zero-order chi connectivity index (χ0) is 16.9.